The van der Waals surface area contributed by atoms with Crippen molar-refractivity contribution in [3.05, 3.63) is 65.2 Å². The zero-order valence-corrected chi connectivity index (χ0v) is 16.8. The average molecular weight is 450 g/mol. The van der Waals surface area contributed by atoms with Crippen molar-refractivity contribution >= 4 is 29.9 Å². The van der Waals surface area contributed by atoms with Gasteiger partial charge >= 0.3 is 0 Å². The zero-order chi connectivity index (χ0) is 17.2. The van der Waals surface area contributed by atoms with Crippen LogP contribution in [0.4, 0.5) is 0 Å². The highest BCUT2D eigenvalue weighted by Crippen LogP contribution is 2.10. The topological polar surface area (TPSA) is 69.4 Å². The standard InChI is InChI=1S/C19H22N4O.HI/c1-15-3-9-18(10-4-15)24-12-11-22-19(21-2)23-14-17-7-5-16(13-20)6-8-17;/h3-10H,11-12,14H2,1-2H3,(H2,21,22,23);1H. The first kappa shape index (κ1) is 20.8. The number of nitrogens with zero attached hydrogens (tertiary/aromatic N) is 2. The van der Waals surface area contributed by atoms with Crippen LogP contribution in [0, 0.1) is 18.3 Å². The van der Waals surface area contributed by atoms with Crippen molar-refractivity contribution < 1.29 is 4.74 Å². The van der Waals surface area contributed by atoms with Crippen molar-refractivity contribution in [2.75, 3.05) is 20.2 Å². The highest BCUT2D eigenvalue weighted by atomic mass is 127. The molecule has 0 radical (unpaired) electrons. The van der Waals surface area contributed by atoms with Crippen LogP contribution in [-0.2, 0) is 6.54 Å². The molecule has 0 atom stereocenters. The highest BCUT2D eigenvalue weighted by molar-refractivity contribution is 14.0. The molecule has 6 heteroatoms. The quantitative estimate of drug-likeness (QED) is 0.307. The van der Waals surface area contributed by atoms with Crippen molar-refractivity contribution in [2.45, 2.75) is 13.5 Å². The maximum atomic E-state index is 8.79. The normalized spacial score (nSPS) is 10.4. The number of hydrogen-bond donors (Lipinski definition) is 2. The number of benzene rings is 2. The minimum Gasteiger partial charge on any atom is -0.492 e. The summed E-state index contributed by atoms with van der Waals surface area (Å²) in [6.45, 7) is 3.90. The third kappa shape index (κ3) is 7.44. The van der Waals surface area contributed by atoms with Gasteiger partial charge in [-0.1, -0.05) is 29.8 Å². The molecular weight excluding hydrogens is 427 g/mol. The van der Waals surface area contributed by atoms with Crippen LogP contribution >= 0.6 is 24.0 Å². The van der Waals surface area contributed by atoms with E-state index in [1.807, 2.05) is 48.5 Å². The Morgan fingerprint density at radius 3 is 2.36 bits per heavy atom. The molecule has 0 heterocycles. The van der Waals surface area contributed by atoms with Crippen molar-refractivity contribution in [3.63, 3.8) is 0 Å². The molecule has 0 saturated carbocycles. The van der Waals surface area contributed by atoms with E-state index in [0.717, 1.165) is 11.3 Å². The molecule has 2 aromatic carbocycles. The number of rotatable bonds is 6. The van der Waals surface area contributed by atoms with E-state index in [-0.39, 0.29) is 24.0 Å². The van der Waals surface area contributed by atoms with E-state index in [2.05, 4.69) is 28.6 Å². The van der Waals surface area contributed by atoms with Gasteiger partial charge in [-0.15, -0.1) is 24.0 Å². The number of nitriles is 1. The molecule has 0 aliphatic carbocycles. The molecule has 0 fully saturated rings. The van der Waals surface area contributed by atoms with Gasteiger partial charge in [0.15, 0.2) is 5.96 Å². The lowest BCUT2D eigenvalue weighted by atomic mass is 10.1. The van der Waals surface area contributed by atoms with Crippen molar-refractivity contribution in [1.29, 1.82) is 5.26 Å². The van der Waals surface area contributed by atoms with Gasteiger partial charge in [-0.3, -0.25) is 4.99 Å². The van der Waals surface area contributed by atoms with Crippen molar-refractivity contribution in [2.24, 2.45) is 4.99 Å². The molecule has 0 aromatic heterocycles. The molecule has 2 N–H and O–H groups in total. The third-order valence-electron chi connectivity index (χ3n) is 3.45. The van der Waals surface area contributed by atoms with Gasteiger partial charge in [0.1, 0.15) is 12.4 Å². The molecule has 0 saturated heterocycles. The van der Waals surface area contributed by atoms with Gasteiger partial charge in [-0.05, 0) is 36.8 Å². The summed E-state index contributed by atoms with van der Waals surface area (Å²) in [6, 6.07) is 17.6. The summed E-state index contributed by atoms with van der Waals surface area (Å²) in [5, 5.41) is 15.2. The fourth-order valence-electron chi connectivity index (χ4n) is 2.08. The van der Waals surface area contributed by atoms with E-state index in [4.69, 9.17) is 10.00 Å². The summed E-state index contributed by atoms with van der Waals surface area (Å²) in [4.78, 5) is 4.18. The van der Waals surface area contributed by atoms with Crippen LogP contribution in [0.3, 0.4) is 0 Å². The average Bonchev–Trinajstić information content (AvgIpc) is 2.63. The molecule has 0 spiro atoms. The second-order valence-electron chi connectivity index (χ2n) is 5.32. The third-order valence-corrected chi connectivity index (χ3v) is 3.45. The van der Waals surface area contributed by atoms with Gasteiger partial charge < -0.3 is 15.4 Å². The molecule has 132 valence electrons. The minimum absolute atomic E-state index is 0. The van der Waals surface area contributed by atoms with E-state index in [9.17, 15) is 0 Å². The molecule has 2 aromatic rings. The molecule has 0 unspecified atom stereocenters. The lowest BCUT2D eigenvalue weighted by Crippen LogP contribution is -2.38. The number of nitrogens with one attached hydrogen (secondary N) is 2. The summed E-state index contributed by atoms with van der Waals surface area (Å²) in [7, 11) is 1.73. The summed E-state index contributed by atoms with van der Waals surface area (Å²) >= 11 is 0. The molecule has 2 rings (SSSR count). The Bertz CT molecular complexity index is 706. The molecular formula is C19H23IN4O. The van der Waals surface area contributed by atoms with E-state index in [1.165, 1.54) is 5.56 Å². The van der Waals surface area contributed by atoms with Gasteiger partial charge in [0.2, 0.25) is 0 Å². The van der Waals surface area contributed by atoms with E-state index < -0.39 is 0 Å². The zero-order valence-electron chi connectivity index (χ0n) is 14.5. The van der Waals surface area contributed by atoms with Gasteiger partial charge in [0.05, 0.1) is 18.2 Å². The van der Waals surface area contributed by atoms with E-state index in [1.54, 1.807) is 7.05 Å². The summed E-state index contributed by atoms with van der Waals surface area (Å²) in [5.74, 6) is 1.58. The van der Waals surface area contributed by atoms with E-state index in [0.29, 0.717) is 31.2 Å². The molecule has 0 aliphatic rings. The first-order valence-electron chi connectivity index (χ1n) is 7.84. The van der Waals surface area contributed by atoms with Gasteiger partial charge in [-0.2, -0.15) is 5.26 Å². The number of aryl methyl sites for hydroxylation is 1. The molecule has 5 nitrogen and oxygen atoms in total. The second kappa shape index (κ2) is 11.3. The smallest absolute Gasteiger partial charge is 0.191 e. The number of guanidine groups is 1. The van der Waals surface area contributed by atoms with Crippen LogP contribution in [0.25, 0.3) is 0 Å². The lowest BCUT2D eigenvalue weighted by molar-refractivity contribution is 0.322. The Morgan fingerprint density at radius 2 is 1.76 bits per heavy atom. The van der Waals surface area contributed by atoms with Gasteiger partial charge in [-0.25, -0.2) is 0 Å². The summed E-state index contributed by atoms with van der Waals surface area (Å²) < 4.78 is 5.67. The van der Waals surface area contributed by atoms with Crippen LogP contribution in [0.15, 0.2) is 53.5 Å². The van der Waals surface area contributed by atoms with Crippen LogP contribution in [-0.4, -0.2) is 26.2 Å². The first-order chi connectivity index (χ1) is 11.7. The van der Waals surface area contributed by atoms with Crippen LogP contribution in [0.5, 0.6) is 5.75 Å². The predicted molar refractivity (Wildman–Crippen MR) is 111 cm³/mol. The fourth-order valence-corrected chi connectivity index (χ4v) is 2.08. The minimum atomic E-state index is 0. The Hall–Kier alpha value is -2.27. The Balaban J connectivity index is 0.00000312. The SMILES string of the molecule is CN=C(NCCOc1ccc(C)cc1)NCc1ccc(C#N)cc1.I. The van der Waals surface area contributed by atoms with Crippen molar-refractivity contribution in [3.8, 4) is 11.8 Å². The second-order valence-corrected chi connectivity index (χ2v) is 5.32. The summed E-state index contributed by atoms with van der Waals surface area (Å²) in [6.07, 6.45) is 0. The van der Waals surface area contributed by atoms with E-state index >= 15 is 0 Å². The maximum absolute atomic E-state index is 8.79. The first-order valence-corrected chi connectivity index (χ1v) is 7.84. The van der Waals surface area contributed by atoms with Crippen LogP contribution in [0.2, 0.25) is 0 Å². The predicted octanol–water partition coefficient (Wildman–Crippen LogP) is 3.23. The summed E-state index contributed by atoms with van der Waals surface area (Å²) in [5.41, 5.74) is 2.97. The molecule has 0 amide bonds. The Labute approximate surface area is 166 Å². The van der Waals surface area contributed by atoms with Gasteiger partial charge in [0, 0.05) is 13.6 Å². The number of ether oxygens (including phenoxy) is 1. The monoisotopic (exact) mass is 450 g/mol. The molecule has 25 heavy (non-hydrogen) atoms. The van der Waals surface area contributed by atoms with Crippen molar-refractivity contribution in [1.82, 2.24) is 10.6 Å². The van der Waals surface area contributed by atoms with Crippen LogP contribution < -0.4 is 15.4 Å². The van der Waals surface area contributed by atoms with Gasteiger partial charge in [0.25, 0.3) is 0 Å². The lowest BCUT2D eigenvalue weighted by Gasteiger charge is -2.12. The Morgan fingerprint density at radius 1 is 1.08 bits per heavy atom. The number of halogens is 1. The molecule has 0 bridgehead atoms. The Kier molecular flexibility index (Phi) is 9.40. The fraction of sp³-hybridized carbons (Fsp3) is 0.263. The molecule has 0 aliphatic heterocycles. The number of hydrogen-bond acceptors (Lipinski definition) is 3. The largest absolute Gasteiger partial charge is 0.492 e. The number of aliphatic imine (C=N–C) groups is 1. The maximum Gasteiger partial charge on any atom is 0.191 e. The van der Waals surface area contributed by atoms with Crippen LogP contribution in [0.1, 0.15) is 16.7 Å². The highest BCUT2D eigenvalue weighted by Gasteiger charge is 1.99.